The Morgan fingerprint density at radius 3 is 1.04 bits per heavy atom. The van der Waals surface area contributed by atoms with E-state index in [0.717, 1.165) is 76.5 Å². The molecule has 0 aliphatic carbocycles. The van der Waals surface area contributed by atoms with E-state index in [-0.39, 0.29) is 31.1 Å². The van der Waals surface area contributed by atoms with Gasteiger partial charge in [-0.25, -0.2) is 0 Å². The molecular weight excluding hydrogens is 588 g/mol. The molecular formula is C41H78O6. The summed E-state index contributed by atoms with van der Waals surface area (Å²) in [4.78, 5) is 37.0. The van der Waals surface area contributed by atoms with Crippen molar-refractivity contribution in [3.63, 3.8) is 0 Å². The van der Waals surface area contributed by atoms with Gasteiger partial charge in [-0.05, 0) is 25.2 Å². The molecule has 1 atom stereocenters. The Morgan fingerprint density at radius 2 is 0.702 bits per heavy atom. The van der Waals surface area contributed by atoms with E-state index in [2.05, 4.69) is 27.7 Å². The van der Waals surface area contributed by atoms with E-state index >= 15 is 0 Å². The second kappa shape index (κ2) is 35.7. The third-order valence-electron chi connectivity index (χ3n) is 9.04. The minimum Gasteiger partial charge on any atom is -0.462 e. The van der Waals surface area contributed by atoms with E-state index < -0.39 is 6.10 Å². The van der Waals surface area contributed by atoms with E-state index in [1.165, 1.54) is 103 Å². The van der Waals surface area contributed by atoms with Gasteiger partial charge < -0.3 is 14.2 Å². The van der Waals surface area contributed by atoms with Crippen LogP contribution in [-0.4, -0.2) is 37.2 Å². The quantitative estimate of drug-likeness (QED) is 0.0376. The van der Waals surface area contributed by atoms with Gasteiger partial charge in [0.25, 0.3) is 0 Å². The molecule has 0 aliphatic heterocycles. The topological polar surface area (TPSA) is 78.9 Å². The standard InChI is InChI=1S/C41H78O6/c1-5-7-9-23-28-32-39(42)45-35-38(47-41(44)34-30-24-10-8-6-2)36-46-40(43)33-29-26-22-20-18-16-14-12-11-13-15-17-19-21-25-27-31-37(3)4/h37-38H,5-36H2,1-4H3/t38-/m0/s1. The molecule has 0 aromatic rings. The Hall–Kier alpha value is -1.59. The second-order valence-electron chi connectivity index (χ2n) is 14.4. The van der Waals surface area contributed by atoms with Crippen molar-refractivity contribution >= 4 is 17.9 Å². The monoisotopic (exact) mass is 667 g/mol. The van der Waals surface area contributed by atoms with Gasteiger partial charge in [-0.1, -0.05) is 182 Å². The first-order chi connectivity index (χ1) is 22.9. The van der Waals surface area contributed by atoms with Crippen molar-refractivity contribution in [3.05, 3.63) is 0 Å². The van der Waals surface area contributed by atoms with Crippen molar-refractivity contribution < 1.29 is 28.6 Å². The molecule has 0 spiro atoms. The maximum atomic E-state index is 12.4. The highest BCUT2D eigenvalue weighted by Crippen LogP contribution is 2.16. The predicted molar refractivity (Wildman–Crippen MR) is 196 cm³/mol. The van der Waals surface area contributed by atoms with Crippen LogP contribution in [0.2, 0.25) is 0 Å². The summed E-state index contributed by atoms with van der Waals surface area (Å²) in [6.07, 6.45) is 33.0. The summed E-state index contributed by atoms with van der Waals surface area (Å²) < 4.78 is 16.4. The van der Waals surface area contributed by atoms with Crippen LogP contribution in [0.15, 0.2) is 0 Å². The van der Waals surface area contributed by atoms with Crippen LogP contribution in [0.5, 0.6) is 0 Å². The number of rotatable bonds is 36. The van der Waals surface area contributed by atoms with Crippen LogP contribution in [0.1, 0.15) is 220 Å². The fraction of sp³-hybridized carbons (Fsp3) is 0.927. The number of ether oxygens (including phenoxy) is 3. The molecule has 0 amide bonds. The highest BCUT2D eigenvalue weighted by molar-refractivity contribution is 5.71. The van der Waals surface area contributed by atoms with Crippen LogP contribution in [-0.2, 0) is 28.6 Å². The Balaban J connectivity index is 3.98. The number of hydrogen-bond acceptors (Lipinski definition) is 6. The van der Waals surface area contributed by atoms with Gasteiger partial charge in [0.05, 0.1) is 0 Å². The van der Waals surface area contributed by atoms with Crippen LogP contribution in [0, 0.1) is 5.92 Å². The Kier molecular flexibility index (Phi) is 34.5. The van der Waals surface area contributed by atoms with E-state index in [9.17, 15) is 14.4 Å². The molecule has 0 aromatic carbocycles. The SMILES string of the molecule is CCCCCCCC(=O)OC[C@@H](COC(=O)CCCCCCCCCCCCCCCCCCC(C)C)OC(=O)CCCCCCC. The van der Waals surface area contributed by atoms with Gasteiger partial charge in [0, 0.05) is 19.3 Å². The first-order valence-electron chi connectivity index (χ1n) is 20.4. The predicted octanol–water partition coefficient (Wildman–Crippen LogP) is 12.4. The maximum Gasteiger partial charge on any atom is 0.306 e. The van der Waals surface area contributed by atoms with Crippen molar-refractivity contribution in [1.82, 2.24) is 0 Å². The van der Waals surface area contributed by atoms with Gasteiger partial charge in [0.1, 0.15) is 13.2 Å². The number of carbonyl (C=O) groups is 3. The lowest BCUT2D eigenvalue weighted by Gasteiger charge is -2.18. The van der Waals surface area contributed by atoms with Crippen molar-refractivity contribution in [1.29, 1.82) is 0 Å². The first-order valence-corrected chi connectivity index (χ1v) is 20.4. The van der Waals surface area contributed by atoms with Gasteiger partial charge in [-0.15, -0.1) is 0 Å². The fourth-order valence-electron chi connectivity index (χ4n) is 5.92. The lowest BCUT2D eigenvalue weighted by atomic mass is 10.0. The summed E-state index contributed by atoms with van der Waals surface area (Å²) >= 11 is 0. The molecule has 0 heterocycles. The largest absolute Gasteiger partial charge is 0.462 e. The normalized spacial score (nSPS) is 11.9. The summed E-state index contributed by atoms with van der Waals surface area (Å²) in [5.74, 6) is -0.0375. The third kappa shape index (κ3) is 35.5. The van der Waals surface area contributed by atoms with E-state index in [1.54, 1.807) is 0 Å². The average Bonchev–Trinajstić information content (AvgIpc) is 3.05. The minimum absolute atomic E-state index is 0.0668. The minimum atomic E-state index is -0.754. The Bertz CT molecular complexity index is 706. The van der Waals surface area contributed by atoms with Crippen molar-refractivity contribution in [2.24, 2.45) is 5.92 Å². The summed E-state index contributed by atoms with van der Waals surface area (Å²) in [7, 11) is 0. The van der Waals surface area contributed by atoms with Crippen molar-refractivity contribution in [2.45, 2.75) is 226 Å². The lowest BCUT2D eigenvalue weighted by Crippen LogP contribution is -2.30. The zero-order valence-electron chi connectivity index (χ0n) is 31.7. The van der Waals surface area contributed by atoms with Crippen LogP contribution in [0.3, 0.4) is 0 Å². The van der Waals surface area contributed by atoms with Gasteiger partial charge in [-0.2, -0.15) is 0 Å². The van der Waals surface area contributed by atoms with E-state index in [4.69, 9.17) is 14.2 Å². The number of carbonyl (C=O) groups excluding carboxylic acids is 3. The fourth-order valence-corrected chi connectivity index (χ4v) is 5.92. The zero-order chi connectivity index (χ0) is 34.6. The molecule has 0 fully saturated rings. The smallest absolute Gasteiger partial charge is 0.306 e. The highest BCUT2D eigenvalue weighted by Gasteiger charge is 2.19. The molecule has 278 valence electrons. The number of esters is 3. The molecule has 0 N–H and O–H groups in total. The molecule has 6 heteroatoms. The molecule has 47 heavy (non-hydrogen) atoms. The molecule has 0 saturated carbocycles. The van der Waals surface area contributed by atoms with Crippen molar-refractivity contribution in [2.75, 3.05) is 13.2 Å². The molecule has 0 bridgehead atoms. The molecule has 0 unspecified atom stereocenters. The summed E-state index contributed by atoms with van der Waals surface area (Å²) in [6.45, 7) is 8.83. The molecule has 0 aliphatic rings. The maximum absolute atomic E-state index is 12.4. The van der Waals surface area contributed by atoms with E-state index in [1.807, 2.05) is 0 Å². The van der Waals surface area contributed by atoms with Gasteiger partial charge >= 0.3 is 17.9 Å². The van der Waals surface area contributed by atoms with Crippen LogP contribution in [0.25, 0.3) is 0 Å². The molecule has 0 saturated heterocycles. The second-order valence-corrected chi connectivity index (χ2v) is 14.4. The average molecular weight is 667 g/mol. The Morgan fingerprint density at radius 1 is 0.404 bits per heavy atom. The molecule has 0 aromatic heterocycles. The summed E-state index contributed by atoms with van der Waals surface area (Å²) in [5.41, 5.74) is 0. The number of unbranched alkanes of at least 4 members (excludes halogenated alkanes) is 23. The molecule has 6 nitrogen and oxygen atoms in total. The third-order valence-corrected chi connectivity index (χ3v) is 9.04. The first kappa shape index (κ1) is 45.4. The van der Waals surface area contributed by atoms with Crippen LogP contribution >= 0.6 is 0 Å². The zero-order valence-corrected chi connectivity index (χ0v) is 31.7. The van der Waals surface area contributed by atoms with Gasteiger partial charge in [-0.3, -0.25) is 14.4 Å². The van der Waals surface area contributed by atoms with Crippen molar-refractivity contribution in [3.8, 4) is 0 Å². The number of hydrogen-bond donors (Lipinski definition) is 0. The van der Waals surface area contributed by atoms with Crippen LogP contribution in [0.4, 0.5) is 0 Å². The molecule has 0 rings (SSSR count). The van der Waals surface area contributed by atoms with Gasteiger partial charge in [0.15, 0.2) is 6.10 Å². The summed E-state index contributed by atoms with van der Waals surface area (Å²) in [5, 5.41) is 0. The summed E-state index contributed by atoms with van der Waals surface area (Å²) in [6, 6.07) is 0. The van der Waals surface area contributed by atoms with Crippen LogP contribution < -0.4 is 0 Å². The Labute approximate surface area is 291 Å². The van der Waals surface area contributed by atoms with E-state index in [0.29, 0.717) is 19.3 Å². The highest BCUT2D eigenvalue weighted by atomic mass is 16.6. The van der Waals surface area contributed by atoms with Gasteiger partial charge in [0.2, 0.25) is 0 Å². The lowest BCUT2D eigenvalue weighted by molar-refractivity contribution is -0.167. The molecule has 0 radical (unpaired) electrons.